The molecule has 0 saturated heterocycles. The van der Waals surface area contributed by atoms with Gasteiger partial charge in [0.05, 0.1) is 6.04 Å². The van der Waals surface area contributed by atoms with Crippen LogP contribution >= 0.6 is 11.6 Å². The van der Waals surface area contributed by atoms with Crippen LogP contribution in [0.1, 0.15) is 18.5 Å². The standard InChI is InChI=1S/C18H17ClN4/c1-12(15-4-2-3-5-16(15)19)23-18-17(21-10-11-22-18)13-6-8-14(20)9-7-13/h2-12H,20H2,1H3,(H,22,23)/t12-/m0/s1. The average Bonchev–Trinajstić information content (AvgIpc) is 2.56. The minimum absolute atomic E-state index is 0.00734. The maximum Gasteiger partial charge on any atom is 0.153 e. The number of hydrogen-bond acceptors (Lipinski definition) is 4. The summed E-state index contributed by atoms with van der Waals surface area (Å²) in [6, 6.07) is 15.4. The Labute approximate surface area is 140 Å². The van der Waals surface area contributed by atoms with Crippen LogP contribution in [0.15, 0.2) is 60.9 Å². The van der Waals surface area contributed by atoms with E-state index in [1.54, 1.807) is 12.4 Å². The summed E-state index contributed by atoms with van der Waals surface area (Å²) in [6.45, 7) is 2.04. The molecule has 0 radical (unpaired) electrons. The lowest BCUT2D eigenvalue weighted by Crippen LogP contribution is -2.10. The molecule has 0 fully saturated rings. The van der Waals surface area contributed by atoms with Crippen LogP contribution in [0.2, 0.25) is 5.02 Å². The Balaban J connectivity index is 1.92. The second-order valence-corrected chi connectivity index (χ2v) is 5.67. The van der Waals surface area contributed by atoms with Gasteiger partial charge in [0.25, 0.3) is 0 Å². The molecule has 2 aromatic carbocycles. The van der Waals surface area contributed by atoms with Crippen molar-refractivity contribution in [1.82, 2.24) is 9.97 Å². The molecular formula is C18H17ClN4. The van der Waals surface area contributed by atoms with Crippen molar-refractivity contribution >= 4 is 23.1 Å². The van der Waals surface area contributed by atoms with E-state index in [-0.39, 0.29) is 6.04 Å². The quantitative estimate of drug-likeness (QED) is 0.691. The van der Waals surface area contributed by atoms with Crippen LogP contribution in [0, 0.1) is 0 Å². The van der Waals surface area contributed by atoms with Crippen molar-refractivity contribution < 1.29 is 0 Å². The van der Waals surface area contributed by atoms with Crippen LogP contribution in [0.3, 0.4) is 0 Å². The molecule has 3 aromatic rings. The van der Waals surface area contributed by atoms with Gasteiger partial charge in [0.15, 0.2) is 5.82 Å². The predicted molar refractivity (Wildman–Crippen MR) is 95.4 cm³/mol. The number of halogens is 1. The maximum atomic E-state index is 6.27. The van der Waals surface area contributed by atoms with E-state index in [9.17, 15) is 0 Å². The van der Waals surface area contributed by atoms with Crippen molar-refractivity contribution in [1.29, 1.82) is 0 Å². The highest BCUT2D eigenvalue weighted by atomic mass is 35.5. The van der Waals surface area contributed by atoms with Gasteiger partial charge in [0.2, 0.25) is 0 Å². The van der Waals surface area contributed by atoms with Gasteiger partial charge in [0, 0.05) is 28.7 Å². The summed E-state index contributed by atoms with van der Waals surface area (Å²) < 4.78 is 0. The highest BCUT2D eigenvalue weighted by Crippen LogP contribution is 2.29. The lowest BCUT2D eigenvalue weighted by molar-refractivity contribution is 0.873. The van der Waals surface area contributed by atoms with E-state index in [1.807, 2.05) is 55.5 Å². The first kappa shape index (κ1) is 15.3. The van der Waals surface area contributed by atoms with E-state index in [2.05, 4.69) is 15.3 Å². The Hall–Kier alpha value is -2.59. The summed E-state index contributed by atoms with van der Waals surface area (Å²) in [6.07, 6.45) is 3.35. The molecule has 1 atom stereocenters. The number of anilines is 2. The topological polar surface area (TPSA) is 63.8 Å². The number of hydrogen-bond donors (Lipinski definition) is 2. The van der Waals surface area contributed by atoms with E-state index in [4.69, 9.17) is 17.3 Å². The third kappa shape index (κ3) is 3.43. The summed E-state index contributed by atoms with van der Waals surface area (Å²) in [5.41, 5.74) is 9.23. The van der Waals surface area contributed by atoms with Crippen molar-refractivity contribution in [3.8, 4) is 11.3 Å². The second-order valence-electron chi connectivity index (χ2n) is 5.26. The molecule has 4 nitrogen and oxygen atoms in total. The molecule has 3 N–H and O–H groups in total. The molecule has 23 heavy (non-hydrogen) atoms. The van der Waals surface area contributed by atoms with Gasteiger partial charge in [-0.3, -0.25) is 4.98 Å². The Bertz CT molecular complexity index is 802. The Morgan fingerprint density at radius 2 is 1.70 bits per heavy atom. The lowest BCUT2D eigenvalue weighted by Gasteiger charge is -2.18. The van der Waals surface area contributed by atoms with Gasteiger partial charge >= 0.3 is 0 Å². The van der Waals surface area contributed by atoms with Crippen molar-refractivity contribution in [2.24, 2.45) is 0 Å². The molecule has 0 spiro atoms. The molecule has 0 aliphatic heterocycles. The molecule has 0 aliphatic rings. The zero-order valence-electron chi connectivity index (χ0n) is 12.7. The largest absolute Gasteiger partial charge is 0.399 e. The number of nitrogens with two attached hydrogens (primary N) is 1. The molecule has 1 heterocycles. The van der Waals surface area contributed by atoms with Gasteiger partial charge in [-0.1, -0.05) is 41.9 Å². The van der Waals surface area contributed by atoms with E-state index >= 15 is 0 Å². The van der Waals surface area contributed by atoms with Crippen molar-refractivity contribution in [2.75, 3.05) is 11.1 Å². The molecule has 0 unspecified atom stereocenters. The highest BCUT2D eigenvalue weighted by Gasteiger charge is 2.13. The summed E-state index contributed by atoms with van der Waals surface area (Å²) >= 11 is 6.27. The molecule has 0 aliphatic carbocycles. The molecular weight excluding hydrogens is 308 g/mol. The molecule has 116 valence electrons. The molecule has 0 amide bonds. The van der Waals surface area contributed by atoms with Crippen LogP contribution in [-0.2, 0) is 0 Å². The van der Waals surface area contributed by atoms with E-state index in [0.29, 0.717) is 5.82 Å². The van der Waals surface area contributed by atoms with Gasteiger partial charge in [0.1, 0.15) is 5.69 Å². The number of aromatic nitrogens is 2. The maximum absolute atomic E-state index is 6.27. The monoisotopic (exact) mass is 324 g/mol. The third-order valence-electron chi connectivity index (χ3n) is 3.61. The summed E-state index contributed by atoms with van der Waals surface area (Å²) in [5, 5.41) is 4.12. The van der Waals surface area contributed by atoms with Crippen LogP contribution < -0.4 is 11.1 Å². The molecule has 1 aromatic heterocycles. The normalized spacial score (nSPS) is 11.9. The van der Waals surface area contributed by atoms with Crippen LogP contribution in [0.25, 0.3) is 11.3 Å². The average molecular weight is 325 g/mol. The summed E-state index contributed by atoms with van der Waals surface area (Å²) in [4.78, 5) is 8.87. The van der Waals surface area contributed by atoms with Crippen LogP contribution in [0.5, 0.6) is 0 Å². The van der Waals surface area contributed by atoms with Gasteiger partial charge in [-0.05, 0) is 30.7 Å². The minimum atomic E-state index is 0.00734. The van der Waals surface area contributed by atoms with E-state index in [0.717, 1.165) is 27.5 Å². The smallest absolute Gasteiger partial charge is 0.153 e. The predicted octanol–water partition coefficient (Wildman–Crippen LogP) is 4.55. The van der Waals surface area contributed by atoms with Crippen molar-refractivity contribution in [3.05, 3.63) is 71.5 Å². The molecule has 0 bridgehead atoms. The SMILES string of the molecule is C[C@H](Nc1nccnc1-c1ccc(N)cc1)c1ccccc1Cl. The van der Waals surface area contributed by atoms with E-state index in [1.165, 1.54) is 0 Å². The molecule has 0 saturated carbocycles. The number of benzene rings is 2. The van der Waals surface area contributed by atoms with Gasteiger partial charge in [-0.25, -0.2) is 4.98 Å². The first-order valence-corrected chi connectivity index (χ1v) is 7.71. The number of nitrogens with one attached hydrogen (secondary N) is 1. The van der Waals surface area contributed by atoms with Gasteiger partial charge in [-0.15, -0.1) is 0 Å². The van der Waals surface area contributed by atoms with E-state index < -0.39 is 0 Å². The Kier molecular flexibility index (Phi) is 4.44. The van der Waals surface area contributed by atoms with Crippen molar-refractivity contribution in [3.63, 3.8) is 0 Å². The van der Waals surface area contributed by atoms with Crippen LogP contribution in [0.4, 0.5) is 11.5 Å². The van der Waals surface area contributed by atoms with Gasteiger partial charge in [-0.2, -0.15) is 0 Å². The first-order valence-electron chi connectivity index (χ1n) is 7.33. The zero-order valence-corrected chi connectivity index (χ0v) is 13.5. The van der Waals surface area contributed by atoms with Gasteiger partial charge < -0.3 is 11.1 Å². The molecule has 3 rings (SSSR count). The Morgan fingerprint density at radius 3 is 2.43 bits per heavy atom. The fourth-order valence-electron chi connectivity index (χ4n) is 2.40. The number of nitrogens with zero attached hydrogens (tertiary/aromatic N) is 2. The lowest BCUT2D eigenvalue weighted by atomic mass is 10.1. The minimum Gasteiger partial charge on any atom is -0.399 e. The zero-order chi connectivity index (χ0) is 16.2. The third-order valence-corrected chi connectivity index (χ3v) is 3.95. The Morgan fingerprint density at radius 1 is 1.00 bits per heavy atom. The molecule has 5 heteroatoms. The summed E-state index contributed by atoms with van der Waals surface area (Å²) in [5.74, 6) is 0.713. The first-order chi connectivity index (χ1) is 11.1. The van der Waals surface area contributed by atoms with Crippen LogP contribution in [-0.4, -0.2) is 9.97 Å². The van der Waals surface area contributed by atoms with Crippen molar-refractivity contribution in [2.45, 2.75) is 13.0 Å². The number of nitrogen functional groups attached to an aromatic ring is 1. The summed E-state index contributed by atoms with van der Waals surface area (Å²) in [7, 11) is 0. The number of rotatable bonds is 4. The fraction of sp³-hybridized carbons (Fsp3) is 0.111. The fourth-order valence-corrected chi connectivity index (χ4v) is 2.70. The highest BCUT2D eigenvalue weighted by molar-refractivity contribution is 6.31. The second kappa shape index (κ2) is 6.67.